The molecule has 5 atom stereocenters. The number of benzene rings is 2. The number of β-amino-alcohol motifs (C(OH)–C–C–N with tert-alkyl or cyclic N) is 1. The molecule has 0 spiro atoms. The molecule has 268 valence electrons. The van der Waals surface area contributed by atoms with Gasteiger partial charge in [-0.05, 0) is 51.7 Å². The fourth-order valence-corrected chi connectivity index (χ4v) is 7.92. The van der Waals surface area contributed by atoms with E-state index in [4.69, 9.17) is 0 Å². The SMILES string of the molecule is CC(C)CN1CC(O)(CNC(=O)[C@@H]2N[C@@H](C(NC(=O)Cc3ccccc3)C(=O)NCc3ccccc3)SC2(C)C)C[C@@H]1C(=O)NC(C)(C)C. The summed E-state index contributed by atoms with van der Waals surface area (Å²) >= 11 is 1.41. The zero-order chi connectivity index (χ0) is 36.0. The minimum atomic E-state index is -1.30. The first-order valence-corrected chi connectivity index (χ1v) is 18.0. The smallest absolute Gasteiger partial charge is 0.245 e. The van der Waals surface area contributed by atoms with E-state index in [2.05, 4.69) is 40.4 Å². The maximum absolute atomic E-state index is 13.8. The maximum Gasteiger partial charge on any atom is 0.245 e. The van der Waals surface area contributed by atoms with Crippen LogP contribution in [0.3, 0.4) is 0 Å². The molecule has 0 aromatic heterocycles. The van der Waals surface area contributed by atoms with Crippen molar-refractivity contribution in [1.82, 2.24) is 31.5 Å². The van der Waals surface area contributed by atoms with Crippen LogP contribution >= 0.6 is 11.8 Å². The van der Waals surface area contributed by atoms with Crippen LogP contribution < -0.4 is 26.6 Å². The second-order valence-corrected chi connectivity index (χ2v) is 17.2. The molecule has 6 N–H and O–H groups in total. The van der Waals surface area contributed by atoms with Crippen molar-refractivity contribution >= 4 is 35.4 Å². The standard InChI is InChI=1S/C37H54N6O5S/c1-24(2)21-43-23-37(48,19-27(43)31(45)42-35(3,4)5)22-39-33(47)30-36(6,7)49-34(41-30)29(32(46)38-20-26-16-12-9-13-17-26)40-28(44)18-25-14-10-8-11-15-25/h8-17,24,27,29-30,34,41,48H,18-23H2,1-7H3,(H,38,46)(H,39,47)(H,40,44)(H,42,45)/t27-,29?,30+,34-,37?/m1/s1. The molecule has 2 heterocycles. The van der Waals surface area contributed by atoms with Crippen LogP contribution in [-0.2, 0) is 32.1 Å². The third kappa shape index (κ3) is 11.0. The number of hydrogen-bond donors (Lipinski definition) is 6. The second kappa shape index (κ2) is 16.1. The van der Waals surface area contributed by atoms with Crippen molar-refractivity contribution in [3.63, 3.8) is 0 Å². The first-order chi connectivity index (χ1) is 22.9. The van der Waals surface area contributed by atoms with Gasteiger partial charge in [-0.1, -0.05) is 74.5 Å². The molecule has 0 saturated carbocycles. The second-order valence-electron chi connectivity index (χ2n) is 15.4. The van der Waals surface area contributed by atoms with E-state index in [1.54, 1.807) is 0 Å². The molecular formula is C37H54N6O5S. The third-order valence-electron chi connectivity index (χ3n) is 8.64. The topological polar surface area (TPSA) is 152 Å². The van der Waals surface area contributed by atoms with Gasteiger partial charge in [0.15, 0.2) is 0 Å². The number of rotatable bonds is 13. The van der Waals surface area contributed by atoms with E-state index in [0.29, 0.717) is 6.54 Å². The van der Waals surface area contributed by atoms with Crippen molar-refractivity contribution in [2.45, 2.75) is 107 Å². The minimum Gasteiger partial charge on any atom is -0.387 e. The van der Waals surface area contributed by atoms with Crippen molar-refractivity contribution in [2.24, 2.45) is 5.92 Å². The van der Waals surface area contributed by atoms with Crippen molar-refractivity contribution in [3.8, 4) is 0 Å². The average molecular weight is 695 g/mol. The van der Waals surface area contributed by atoms with Gasteiger partial charge in [-0.2, -0.15) is 0 Å². The van der Waals surface area contributed by atoms with Crippen LogP contribution in [0.1, 0.15) is 66.0 Å². The molecule has 2 unspecified atom stereocenters. The maximum atomic E-state index is 13.8. The van der Waals surface area contributed by atoms with Crippen LogP contribution in [0.25, 0.3) is 0 Å². The molecule has 0 bridgehead atoms. The summed E-state index contributed by atoms with van der Waals surface area (Å²) in [5.41, 5.74) is 0.0268. The molecule has 2 aromatic carbocycles. The van der Waals surface area contributed by atoms with Crippen LogP contribution in [0.15, 0.2) is 60.7 Å². The first-order valence-electron chi connectivity index (χ1n) is 17.1. The fraction of sp³-hybridized carbons (Fsp3) is 0.568. The van der Waals surface area contributed by atoms with Crippen LogP contribution in [0, 0.1) is 5.92 Å². The van der Waals surface area contributed by atoms with Crippen LogP contribution in [-0.4, -0.2) is 92.7 Å². The zero-order valence-corrected chi connectivity index (χ0v) is 30.7. The first kappa shape index (κ1) is 38.4. The number of carbonyl (C=O) groups is 4. The Labute approximate surface area is 295 Å². The molecule has 2 aromatic rings. The lowest BCUT2D eigenvalue weighted by Gasteiger charge is -2.29. The number of amides is 4. The molecule has 2 aliphatic heterocycles. The Morgan fingerprint density at radius 3 is 2.16 bits per heavy atom. The van der Waals surface area contributed by atoms with Gasteiger partial charge < -0.3 is 26.4 Å². The van der Waals surface area contributed by atoms with E-state index in [1.807, 2.05) is 100 Å². The highest BCUT2D eigenvalue weighted by Crippen LogP contribution is 2.39. The molecule has 4 amide bonds. The Morgan fingerprint density at radius 1 is 0.959 bits per heavy atom. The lowest BCUT2D eigenvalue weighted by molar-refractivity contribution is -0.129. The van der Waals surface area contributed by atoms with Crippen molar-refractivity contribution in [3.05, 3.63) is 71.8 Å². The van der Waals surface area contributed by atoms with Crippen LogP contribution in [0.4, 0.5) is 0 Å². The Hall–Kier alpha value is -3.45. The number of likely N-dealkylation sites (tertiary alicyclic amines) is 1. The lowest BCUT2D eigenvalue weighted by atomic mass is 9.97. The van der Waals surface area contributed by atoms with E-state index in [1.165, 1.54) is 11.8 Å². The Morgan fingerprint density at radius 2 is 1.57 bits per heavy atom. The largest absolute Gasteiger partial charge is 0.387 e. The summed E-state index contributed by atoms with van der Waals surface area (Å²) in [6, 6.07) is 16.6. The summed E-state index contributed by atoms with van der Waals surface area (Å²) < 4.78 is -0.659. The van der Waals surface area contributed by atoms with Gasteiger partial charge in [-0.15, -0.1) is 11.8 Å². The predicted molar refractivity (Wildman–Crippen MR) is 193 cm³/mol. The molecule has 11 nitrogen and oxygen atoms in total. The van der Waals surface area contributed by atoms with Crippen LogP contribution in [0.5, 0.6) is 0 Å². The number of hydrogen-bond acceptors (Lipinski definition) is 8. The fourth-order valence-electron chi connectivity index (χ4n) is 6.43. The number of nitrogens with one attached hydrogen (secondary N) is 5. The van der Waals surface area contributed by atoms with Crippen molar-refractivity contribution < 1.29 is 24.3 Å². The van der Waals surface area contributed by atoms with Gasteiger partial charge >= 0.3 is 0 Å². The molecule has 2 fully saturated rings. The van der Waals surface area contributed by atoms with E-state index in [-0.39, 0.29) is 62.0 Å². The third-order valence-corrected chi connectivity index (χ3v) is 10.1. The van der Waals surface area contributed by atoms with Gasteiger partial charge in [0.1, 0.15) is 12.1 Å². The summed E-state index contributed by atoms with van der Waals surface area (Å²) in [5.74, 6) is -0.856. The number of aliphatic hydroxyl groups is 1. The molecule has 2 saturated heterocycles. The van der Waals surface area contributed by atoms with E-state index < -0.39 is 39.4 Å². The van der Waals surface area contributed by atoms with Gasteiger partial charge in [0, 0.05) is 42.9 Å². The lowest BCUT2D eigenvalue weighted by Crippen LogP contribution is -2.58. The Balaban J connectivity index is 1.44. The Kier molecular flexibility index (Phi) is 12.6. The van der Waals surface area contributed by atoms with Crippen molar-refractivity contribution in [2.75, 3.05) is 19.6 Å². The number of thioether (sulfide) groups is 1. The normalized spacial score (nSPS) is 24.3. The van der Waals surface area contributed by atoms with Gasteiger partial charge in [-0.3, -0.25) is 29.4 Å². The molecule has 4 rings (SSSR count). The van der Waals surface area contributed by atoms with Crippen LogP contribution in [0.2, 0.25) is 0 Å². The molecule has 12 heteroatoms. The Bertz CT molecular complexity index is 1450. The number of nitrogens with zero attached hydrogens (tertiary/aromatic N) is 1. The quantitative estimate of drug-likeness (QED) is 0.187. The number of carbonyl (C=O) groups excluding carboxylic acids is 4. The summed E-state index contributed by atoms with van der Waals surface area (Å²) in [5, 5.41) is 26.2. The highest BCUT2D eigenvalue weighted by molar-refractivity contribution is 8.01. The monoisotopic (exact) mass is 694 g/mol. The molecule has 49 heavy (non-hydrogen) atoms. The molecule has 2 aliphatic rings. The summed E-state index contributed by atoms with van der Waals surface area (Å²) in [6.07, 6.45) is 0.299. The van der Waals surface area contributed by atoms with Gasteiger partial charge in [0.25, 0.3) is 0 Å². The summed E-state index contributed by atoms with van der Waals surface area (Å²) in [4.78, 5) is 55.8. The van der Waals surface area contributed by atoms with E-state index in [9.17, 15) is 24.3 Å². The average Bonchev–Trinajstić information content (AvgIpc) is 3.52. The zero-order valence-electron chi connectivity index (χ0n) is 29.8. The van der Waals surface area contributed by atoms with Gasteiger partial charge in [0.2, 0.25) is 23.6 Å². The summed E-state index contributed by atoms with van der Waals surface area (Å²) in [6.45, 7) is 14.9. The van der Waals surface area contributed by atoms with Crippen molar-refractivity contribution in [1.29, 1.82) is 0 Å². The molecular weight excluding hydrogens is 641 g/mol. The highest BCUT2D eigenvalue weighted by atomic mass is 32.2. The molecule has 0 radical (unpaired) electrons. The van der Waals surface area contributed by atoms with Gasteiger partial charge in [-0.25, -0.2) is 0 Å². The highest BCUT2D eigenvalue weighted by Gasteiger charge is 2.51. The predicted octanol–water partition coefficient (Wildman–Crippen LogP) is 2.33. The summed E-state index contributed by atoms with van der Waals surface area (Å²) in [7, 11) is 0. The minimum absolute atomic E-state index is 0.0296. The molecule has 0 aliphatic carbocycles. The van der Waals surface area contributed by atoms with Gasteiger partial charge in [0.05, 0.1) is 23.4 Å². The van der Waals surface area contributed by atoms with E-state index in [0.717, 1.165) is 11.1 Å². The van der Waals surface area contributed by atoms with E-state index >= 15 is 0 Å².